The summed E-state index contributed by atoms with van der Waals surface area (Å²) >= 11 is 12.1. The van der Waals surface area contributed by atoms with Crippen molar-refractivity contribution in [3.8, 4) is 0 Å². The lowest BCUT2D eigenvalue weighted by Gasteiger charge is -2.28. The van der Waals surface area contributed by atoms with E-state index in [1.54, 1.807) is 25.1 Å². The predicted octanol–water partition coefficient (Wildman–Crippen LogP) is 3.98. The first kappa shape index (κ1) is 15.8. The average Bonchev–Trinajstić information content (AvgIpc) is 2.19. The Morgan fingerprint density at radius 2 is 1.78 bits per heavy atom. The first-order chi connectivity index (χ1) is 8.12. The van der Waals surface area contributed by atoms with Gasteiger partial charge < -0.3 is 10.4 Å². The molecule has 1 unspecified atom stereocenters. The summed E-state index contributed by atoms with van der Waals surface area (Å²) in [5, 5.41) is 15.0. The van der Waals surface area contributed by atoms with E-state index in [-0.39, 0.29) is 5.54 Å². The van der Waals surface area contributed by atoms with Crippen LogP contribution in [0.2, 0.25) is 10.0 Å². The van der Waals surface area contributed by atoms with Gasteiger partial charge in [-0.2, -0.15) is 0 Å². The molecule has 0 aliphatic heterocycles. The number of hydrogen-bond donors (Lipinski definition) is 2. The van der Waals surface area contributed by atoms with Crippen LogP contribution < -0.4 is 5.32 Å². The molecule has 0 saturated heterocycles. The van der Waals surface area contributed by atoms with Crippen molar-refractivity contribution >= 4 is 23.2 Å². The zero-order chi connectivity index (χ0) is 14.0. The molecule has 102 valence electrons. The molecule has 1 atom stereocenters. The third-order valence-electron chi connectivity index (χ3n) is 2.78. The van der Waals surface area contributed by atoms with E-state index < -0.39 is 5.60 Å². The van der Waals surface area contributed by atoms with Crippen molar-refractivity contribution in [2.75, 3.05) is 6.54 Å². The molecule has 0 saturated carbocycles. The van der Waals surface area contributed by atoms with Crippen molar-refractivity contribution in [1.29, 1.82) is 0 Å². The van der Waals surface area contributed by atoms with E-state index in [1.165, 1.54) is 0 Å². The maximum atomic E-state index is 10.5. The summed E-state index contributed by atoms with van der Waals surface area (Å²) in [6.45, 7) is 8.74. The summed E-state index contributed by atoms with van der Waals surface area (Å²) < 4.78 is 0. The summed E-state index contributed by atoms with van der Waals surface area (Å²) in [6.07, 6.45) is 0.574. The maximum absolute atomic E-state index is 10.5. The highest BCUT2D eigenvalue weighted by Crippen LogP contribution is 2.32. The molecule has 2 nitrogen and oxygen atoms in total. The molecule has 2 N–H and O–H groups in total. The first-order valence-electron chi connectivity index (χ1n) is 6.05. The van der Waals surface area contributed by atoms with E-state index in [9.17, 15) is 5.11 Å². The summed E-state index contributed by atoms with van der Waals surface area (Å²) in [4.78, 5) is 0. The van der Waals surface area contributed by atoms with Crippen LogP contribution in [-0.2, 0) is 5.60 Å². The van der Waals surface area contributed by atoms with Crippen LogP contribution in [0.1, 0.15) is 39.7 Å². The molecule has 1 rings (SSSR count). The normalized spacial score (nSPS) is 15.5. The summed E-state index contributed by atoms with van der Waals surface area (Å²) in [7, 11) is 0. The van der Waals surface area contributed by atoms with Crippen molar-refractivity contribution in [1.82, 2.24) is 5.32 Å². The van der Waals surface area contributed by atoms with Gasteiger partial charge >= 0.3 is 0 Å². The fourth-order valence-corrected chi connectivity index (χ4v) is 2.22. The molecule has 0 spiro atoms. The van der Waals surface area contributed by atoms with Gasteiger partial charge in [-0.3, -0.25) is 0 Å². The second-order valence-electron chi connectivity index (χ2n) is 5.82. The van der Waals surface area contributed by atoms with Gasteiger partial charge in [0.05, 0.1) is 5.60 Å². The third-order valence-corrected chi connectivity index (χ3v) is 3.34. The van der Waals surface area contributed by atoms with Crippen molar-refractivity contribution in [3.05, 3.63) is 33.8 Å². The summed E-state index contributed by atoms with van der Waals surface area (Å²) in [5.74, 6) is 0. The number of aliphatic hydroxyl groups is 1. The Morgan fingerprint density at radius 1 is 1.17 bits per heavy atom. The Labute approximate surface area is 119 Å². The van der Waals surface area contributed by atoms with Gasteiger partial charge in [0.15, 0.2) is 0 Å². The number of halogens is 2. The molecule has 0 amide bonds. The lowest BCUT2D eigenvalue weighted by molar-refractivity contribution is 0.0465. The molecule has 0 aromatic heterocycles. The SMILES string of the molecule is CC(C)(C)NCCC(C)(O)c1cc(Cl)ccc1Cl. The fraction of sp³-hybridized carbons (Fsp3) is 0.571. The minimum Gasteiger partial charge on any atom is -0.385 e. The van der Waals surface area contributed by atoms with Gasteiger partial charge in [0.25, 0.3) is 0 Å². The quantitative estimate of drug-likeness (QED) is 0.879. The maximum Gasteiger partial charge on any atom is 0.0895 e. The minimum atomic E-state index is -0.986. The first-order valence-corrected chi connectivity index (χ1v) is 6.80. The van der Waals surface area contributed by atoms with E-state index in [0.717, 1.165) is 0 Å². The molecule has 0 radical (unpaired) electrons. The number of benzene rings is 1. The Balaban J connectivity index is 2.76. The lowest BCUT2D eigenvalue weighted by Crippen LogP contribution is -2.39. The fourth-order valence-electron chi connectivity index (χ4n) is 1.73. The summed E-state index contributed by atoms with van der Waals surface area (Å²) in [6, 6.07) is 5.16. The molecular formula is C14H21Cl2NO. The van der Waals surface area contributed by atoms with Gasteiger partial charge in [-0.25, -0.2) is 0 Å². The van der Waals surface area contributed by atoms with Gasteiger partial charge in [0, 0.05) is 21.1 Å². The van der Waals surface area contributed by atoms with Crippen LogP contribution in [0.4, 0.5) is 0 Å². The zero-order valence-electron chi connectivity index (χ0n) is 11.3. The number of hydrogen-bond acceptors (Lipinski definition) is 2. The number of rotatable bonds is 4. The second-order valence-corrected chi connectivity index (χ2v) is 6.67. The van der Waals surface area contributed by atoms with Crippen molar-refractivity contribution in [2.45, 2.75) is 45.3 Å². The summed E-state index contributed by atoms with van der Waals surface area (Å²) in [5.41, 5.74) is -0.276. The van der Waals surface area contributed by atoms with Crippen LogP contribution in [0.5, 0.6) is 0 Å². The van der Waals surface area contributed by atoms with Crippen molar-refractivity contribution < 1.29 is 5.11 Å². The van der Waals surface area contributed by atoms with Gasteiger partial charge in [0.2, 0.25) is 0 Å². The van der Waals surface area contributed by atoms with Crippen LogP contribution in [0.25, 0.3) is 0 Å². The highest BCUT2D eigenvalue weighted by atomic mass is 35.5. The smallest absolute Gasteiger partial charge is 0.0895 e. The van der Waals surface area contributed by atoms with E-state index >= 15 is 0 Å². The van der Waals surface area contributed by atoms with Crippen molar-refractivity contribution in [2.24, 2.45) is 0 Å². The Kier molecular flexibility index (Phi) is 5.07. The predicted molar refractivity (Wildman–Crippen MR) is 78.4 cm³/mol. The Hall–Kier alpha value is -0.280. The van der Waals surface area contributed by atoms with E-state index in [0.29, 0.717) is 28.6 Å². The van der Waals surface area contributed by atoms with Crippen LogP contribution in [-0.4, -0.2) is 17.2 Å². The van der Waals surface area contributed by atoms with E-state index in [4.69, 9.17) is 23.2 Å². The van der Waals surface area contributed by atoms with Gasteiger partial charge in [0.1, 0.15) is 0 Å². The monoisotopic (exact) mass is 289 g/mol. The average molecular weight is 290 g/mol. The molecule has 4 heteroatoms. The lowest BCUT2D eigenvalue weighted by atomic mass is 9.92. The zero-order valence-corrected chi connectivity index (χ0v) is 12.9. The topological polar surface area (TPSA) is 32.3 Å². The van der Waals surface area contributed by atoms with Gasteiger partial charge in [-0.05, 0) is 58.9 Å². The molecule has 0 fully saturated rings. The van der Waals surface area contributed by atoms with Crippen LogP contribution in [0.15, 0.2) is 18.2 Å². The van der Waals surface area contributed by atoms with Crippen molar-refractivity contribution in [3.63, 3.8) is 0 Å². The Bertz CT molecular complexity index is 411. The third kappa shape index (κ3) is 4.77. The standard InChI is InChI=1S/C14H21Cl2NO/c1-13(2,3)17-8-7-14(4,18)11-9-10(15)5-6-12(11)16/h5-6,9,17-18H,7-8H2,1-4H3. The van der Waals surface area contributed by atoms with Crippen LogP contribution in [0.3, 0.4) is 0 Å². The molecule has 1 aromatic carbocycles. The largest absolute Gasteiger partial charge is 0.385 e. The molecule has 1 aromatic rings. The highest BCUT2D eigenvalue weighted by Gasteiger charge is 2.26. The van der Waals surface area contributed by atoms with Gasteiger partial charge in [-0.1, -0.05) is 23.2 Å². The molecule has 18 heavy (non-hydrogen) atoms. The molecule has 0 bridgehead atoms. The molecular weight excluding hydrogens is 269 g/mol. The molecule has 0 heterocycles. The second kappa shape index (κ2) is 5.79. The Morgan fingerprint density at radius 3 is 2.33 bits per heavy atom. The molecule has 0 aliphatic rings. The minimum absolute atomic E-state index is 0.0359. The van der Waals surface area contributed by atoms with E-state index in [2.05, 4.69) is 26.1 Å². The highest BCUT2D eigenvalue weighted by molar-refractivity contribution is 6.33. The van der Waals surface area contributed by atoms with E-state index in [1.807, 2.05) is 0 Å². The van der Waals surface area contributed by atoms with Crippen LogP contribution >= 0.6 is 23.2 Å². The van der Waals surface area contributed by atoms with Gasteiger partial charge in [-0.15, -0.1) is 0 Å². The molecule has 0 aliphatic carbocycles. The number of nitrogens with one attached hydrogen (secondary N) is 1. The van der Waals surface area contributed by atoms with Crippen LogP contribution in [0, 0.1) is 0 Å².